The van der Waals surface area contributed by atoms with Crippen molar-refractivity contribution in [2.75, 3.05) is 7.11 Å². The van der Waals surface area contributed by atoms with Gasteiger partial charge in [0.1, 0.15) is 11.4 Å². The molecule has 5 heteroatoms. The molecule has 0 amide bonds. The average Bonchev–Trinajstić information content (AvgIpc) is 3.58. The van der Waals surface area contributed by atoms with Gasteiger partial charge in [0.25, 0.3) is 0 Å². The number of ketones is 1. The van der Waals surface area contributed by atoms with Crippen LogP contribution in [-0.4, -0.2) is 41.3 Å². The van der Waals surface area contributed by atoms with Crippen molar-refractivity contribution in [2.45, 2.75) is 88.9 Å². The van der Waals surface area contributed by atoms with E-state index in [9.17, 15) is 14.7 Å². The number of methoxy groups -OCH3 is 1. The fraction of sp³-hybridized carbons (Fsp3) is 0.833. The van der Waals surface area contributed by atoms with Crippen LogP contribution in [0.1, 0.15) is 71.6 Å². The van der Waals surface area contributed by atoms with Crippen LogP contribution < -0.4 is 0 Å². The number of epoxide rings is 1. The van der Waals surface area contributed by atoms with Crippen LogP contribution >= 0.6 is 0 Å². The maximum absolute atomic E-state index is 12.2. The fourth-order valence-electron chi connectivity index (χ4n) is 8.68. The molecule has 29 heavy (non-hydrogen) atoms. The molecule has 1 N–H and O–H groups in total. The minimum Gasteiger partial charge on any atom is -0.469 e. The molecule has 5 fully saturated rings. The Morgan fingerprint density at radius 2 is 2.10 bits per heavy atom. The van der Waals surface area contributed by atoms with Crippen molar-refractivity contribution in [1.82, 2.24) is 0 Å². The first-order valence-electron chi connectivity index (χ1n) is 11.4. The van der Waals surface area contributed by atoms with Gasteiger partial charge >= 0.3 is 5.97 Å². The second kappa shape index (κ2) is 5.34. The highest BCUT2D eigenvalue weighted by Crippen LogP contribution is 2.81. The SMILES string of the molecule is COC(=O)CC[C@]1(O)CCC2[C@@H]3C4CC4=C4CC(=O)CC[C@]4(C)[C@]34O[C@@H]4CC21C. The van der Waals surface area contributed by atoms with Crippen molar-refractivity contribution in [3.8, 4) is 0 Å². The van der Waals surface area contributed by atoms with Crippen LogP contribution in [0.2, 0.25) is 0 Å². The van der Waals surface area contributed by atoms with Crippen LogP contribution in [0.5, 0.6) is 0 Å². The largest absolute Gasteiger partial charge is 0.469 e. The van der Waals surface area contributed by atoms with E-state index in [0.717, 1.165) is 32.1 Å². The van der Waals surface area contributed by atoms with E-state index in [1.54, 1.807) is 5.57 Å². The van der Waals surface area contributed by atoms with Gasteiger partial charge in [0.05, 0.1) is 18.8 Å². The molecule has 8 atom stereocenters. The van der Waals surface area contributed by atoms with Crippen molar-refractivity contribution in [1.29, 1.82) is 0 Å². The first-order chi connectivity index (χ1) is 13.7. The molecule has 6 rings (SSSR count). The van der Waals surface area contributed by atoms with Crippen molar-refractivity contribution in [2.24, 2.45) is 28.6 Å². The highest BCUT2D eigenvalue weighted by Gasteiger charge is 2.83. The molecule has 0 aromatic heterocycles. The minimum absolute atomic E-state index is 0.00731. The number of esters is 1. The summed E-state index contributed by atoms with van der Waals surface area (Å²) < 4.78 is 11.5. The zero-order valence-corrected chi connectivity index (χ0v) is 17.8. The molecule has 6 aliphatic rings. The molecule has 158 valence electrons. The second-order valence-electron chi connectivity index (χ2n) is 11.2. The summed E-state index contributed by atoms with van der Waals surface area (Å²) in [5, 5.41) is 11.7. The van der Waals surface area contributed by atoms with Gasteiger partial charge < -0.3 is 14.6 Å². The Balaban J connectivity index is 1.38. The van der Waals surface area contributed by atoms with Gasteiger partial charge in [0.2, 0.25) is 0 Å². The number of hydrogen-bond donors (Lipinski definition) is 1. The van der Waals surface area contributed by atoms with Crippen LogP contribution in [0.3, 0.4) is 0 Å². The predicted molar refractivity (Wildman–Crippen MR) is 105 cm³/mol. The molecule has 1 saturated heterocycles. The predicted octanol–water partition coefficient (Wildman–Crippen LogP) is 3.33. The van der Waals surface area contributed by atoms with Crippen LogP contribution in [-0.2, 0) is 19.1 Å². The van der Waals surface area contributed by atoms with Crippen LogP contribution in [0.15, 0.2) is 11.1 Å². The molecule has 0 radical (unpaired) electrons. The van der Waals surface area contributed by atoms with Gasteiger partial charge in [-0.1, -0.05) is 25.0 Å². The Morgan fingerprint density at radius 1 is 1.31 bits per heavy atom. The fourth-order valence-corrected chi connectivity index (χ4v) is 8.68. The average molecular weight is 401 g/mol. The van der Waals surface area contributed by atoms with Crippen molar-refractivity contribution >= 4 is 11.8 Å². The third kappa shape index (κ3) is 2.00. The maximum Gasteiger partial charge on any atom is 0.305 e. The lowest BCUT2D eigenvalue weighted by molar-refractivity contribution is -0.146. The molecular weight excluding hydrogens is 368 g/mol. The Kier molecular flexibility index (Phi) is 3.42. The molecule has 1 heterocycles. The Labute approximate surface area is 172 Å². The number of aliphatic hydroxyl groups is 1. The number of hydrogen-bond acceptors (Lipinski definition) is 5. The number of fused-ring (bicyclic) bond motifs is 5. The summed E-state index contributed by atoms with van der Waals surface area (Å²) in [6.45, 7) is 4.62. The zero-order valence-electron chi connectivity index (χ0n) is 17.8. The van der Waals surface area contributed by atoms with Crippen molar-refractivity contribution < 1.29 is 24.2 Å². The van der Waals surface area contributed by atoms with Gasteiger partial charge in [0, 0.05) is 36.0 Å². The van der Waals surface area contributed by atoms with Gasteiger partial charge in [-0.05, 0) is 50.4 Å². The zero-order chi connectivity index (χ0) is 20.4. The molecule has 4 saturated carbocycles. The van der Waals surface area contributed by atoms with E-state index in [1.807, 2.05) is 0 Å². The van der Waals surface area contributed by atoms with Crippen LogP contribution in [0, 0.1) is 28.6 Å². The summed E-state index contributed by atoms with van der Waals surface area (Å²) in [6, 6.07) is 0. The quantitative estimate of drug-likeness (QED) is 0.447. The number of allylic oxidation sites excluding steroid dienone is 1. The third-order valence-electron chi connectivity index (χ3n) is 10.4. The van der Waals surface area contributed by atoms with Crippen LogP contribution in [0.25, 0.3) is 0 Å². The molecule has 3 unspecified atom stereocenters. The Morgan fingerprint density at radius 3 is 2.86 bits per heavy atom. The van der Waals surface area contributed by atoms with Gasteiger partial charge in [-0.15, -0.1) is 0 Å². The lowest BCUT2D eigenvalue weighted by Gasteiger charge is -2.56. The summed E-state index contributed by atoms with van der Waals surface area (Å²) in [6.07, 6.45) is 6.90. The normalized spacial score (nSPS) is 54.0. The molecule has 5 aliphatic carbocycles. The summed E-state index contributed by atoms with van der Waals surface area (Å²) in [7, 11) is 1.41. The topological polar surface area (TPSA) is 76.1 Å². The van der Waals surface area contributed by atoms with Gasteiger partial charge in [-0.25, -0.2) is 0 Å². The minimum atomic E-state index is -0.827. The number of carbonyl (C=O) groups is 2. The van der Waals surface area contributed by atoms with E-state index in [0.29, 0.717) is 42.8 Å². The second-order valence-corrected chi connectivity index (χ2v) is 11.2. The Bertz CT molecular complexity index is 861. The lowest BCUT2D eigenvalue weighted by atomic mass is 9.46. The summed E-state index contributed by atoms with van der Waals surface area (Å²) in [5.74, 6) is 1.56. The van der Waals surface area contributed by atoms with E-state index < -0.39 is 5.60 Å². The number of Topliss-reactive ketones (excluding diaryl/α,β-unsaturated/α-hetero) is 1. The van der Waals surface area contributed by atoms with Gasteiger partial charge in [-0.3, -0.25) is 9.59 Å². The summed E-state index contributed by atoms with van der Waals surface area (Å²) >= 11 is 0. The highest BCUT2D eigenvalue weighted by atomic mass is 16.6. The van der Waals surface area contributed by atoms with E-state index in [2.05, 4.69) is 13.8 Å². The molecular formula is C24H32O5. The van der Waals surface area contributed by atoms with E-state index >= 15 is 0 Å². The van der Waals surface area contributed by atoms with Crippen molar-refractivity contribution in [3.05, 3.63) is 11.1 Å². The molecule has 1 spiro atoms. The lowest BCUT2D eigenvalue weighted by Crippen LogP contribution is -2.60. The smallest absolute Gasteiger partial charge is 0.305 e. The Hall–Kier alpha value is -1.20. The molecule has 0 aromatic carbocycles. The van der Waals surface area contributed by atoms with Crippen LogP contribution in [0.4, 0.5) is 0 Å². The molecule has 5 nitrogen and oxygen atoms in total. The number of rotatable bonds is 3. The summed E-state index contributed by atoms with van der Waals surface area (Å²) in [4.78, 5) is 24.0. The van der Waals surface area contributed by atoms with Crippen molar-refractivity contribution in [3.63, 3.8) is 0 Å². The van der Waals surface area contributed by atoms with E-state index in [4.69, 9.17) is 9.47 Å². The first-order valence-corrected chi connectivity index (χ1v) is 11.4. The molecule has 1 aliphatic heterocycles. The molecule has 0 aromatic rings. The van der Waals surface area contributed by atoms with E-state index in [-0.39, 0.29) is 34.9 Å². The highest BCUT2D eigenvalue weighted by molar-refractivity contribution is 5.84. The molecule has 0 bridgehead atoms. The van der Waals surface area contributed by atoms with Gasteiger partial charge in [0.15, 0.2) is 0 Å². The first kappa shape index (κ1) is 18.6. The summed E-state index contributed by atoms with van der Waals surface area (Å²) in [5.41, 5.74) is 1.78. The third-order valence-corrected chi connectivity index (χ3v) is 10.4. The van der Waals surface area contributed by atoms with Gasteiger partial charge in [-0.2, -0.15) is 0 Å². The van der Waals surface area contributed by atoms with E-state index in [1.165, 1.54) is 12.7 Å². The monoisotopic (exact) mass is 400 g/mol. The maximum atomic E-state index is 12.2. The number of ether oxygens (including phenoxy) is 2. The number of carbonyl (C=O) groups excluding carboxylic acids is 2. The standard InChI is InChI=1S/C24H32O5/c1-21-7-4-13(25)10-17(21)14-11-15(14)20-16-5-8-23(27,9-6-19(26)28-3)22(16,2)12-18-24(20,21)29-18/h15-16,18,20,27H,4-12H2,1-3H3/t15?,16?,18-,20+,21+,22?,23-,24-/m1/s1.